The lowest BCUT2D eigenvalue weighted by Crippen LogP contribution is -2.22. The summed E-state index contributed by atoms with van der Waals surface area (Å²) in [6.45, 7) is 10.3. The van der Waals surface area contributed by atoms with Gasteiger partial charge in [0.25, 0.3) is 0 Å². The van der Waals surface area contributed by atoms with Gasteiger partial charge in [0.15, 0.2) is 0 Å². The zero-order chi connectivity index (χ0) is 36.3. The molecule has 3 heterocycles. The van der Waals surface area contributed by atoms with Crippen LogP contribution in [0.1, 0.15) is 58.3 Å². The lowest BCUT2D eigenvalue weighted by atomic mass is 9.93. The number of benzene rings is 3. The number of aromatic nitrogens is 2. The zero-order valence-corrected chi connectivity index (χ0v) is 31.0. The molecule has 0 bridgehead atoms. The zero-order valence-electron chi connectivity index (χ0n) is 30.3. The van der Waals surface area contributed by atoms with Gasteiger partial charge in [0.05, 0.1) is 22.9 Å². The van der Waals surface area contributed by atoms with Crippen molar-refractivity contribution in [1.29, 1.82) is 5.26 Å². The van der Waals surface area contributed by atoms with Crippen LogP contribution in [0.3, 0.4) is 0 Å². The summed E-state index contributed by atoms with van der Waals surface area (Å²) in [4.78, 5) is 13.3. The minimum Gasteiger partial charge on any atom is -0.493 e. The molecule has 8 nitrogen and oxygen atoms in total. The minimum atomic E-state index is 0.238. The lowest BCUT2D eigenvalue weighted by molar-refractivity contribution is 0.262. The molecule has 1 saturated heterocycles. The van der Waals surface area contributed by atoms with Gasteiger partial charge < -0.3 is 19.1 Å². The van der Waals surface area contributed by atoms with Crippen LogP contribution in [0.4, 0.5) is 0 Å². The van der Waals surface area contributed by atoms with Crippen LogP contribution in [0.5, 0.6) is 17.2 Å². The fourth-order valence-corrected chi connectivity index (χ4v) is 6.92. The van der Waals surface area contributed by atoms with Gasteiger partial charge in [0.1, 0.15) is 36.5 Å². The Morgan fingerprint density at radius 2 is 1.60 bits per heavy atom. The number of rotatable bonds is 16. The first-order valence-corrected chi connectivity index (χ1v) is 18.3. The molecule has 1 aliphatic heterocycles. The first-order chi connectivity index (χ1) is 25.4. The van der Waals surface area contributed by atoms with E-state index in [2.05, 4.69) is 76.1 Å². The van der Waals surface area contributed by atoms with E-state index in [1.807, 2.05) is 37.4 Å². The molecule has 1 aliphatic rings. The van der Waals surface area contributed by atoms with Gasteiger partial charge in [-0.3, -0.25) is 14.9 Å². The maximum atomic E-state index is 9.35. The summed E-state index contributed by atoms with van der Waals surface area (Å²) in [6.07, 6.45) is 8.69. The van der Waals surface area contributed by atoms with Gasteiger partial charge in [0.2, 0.25) is 0 Å². The van der Waals surface area contributed by atoms with Gasteiger partial charge in [-0.05, 0) is 111 Å². The van der Waals surface area contributed by atoms with Crippen LogP contribution in [0, 0.1) is 25.2 Å². The lowest BCUT2D eigenvalue weighted by Gasteiger charge is -2.21. The Hall–Kier alpha value is -4.94. The van der Waals surface area contributed by atoms with Crippen molar-refractivity contribution < 1.29 is 14.2 Å². The molecule has 0 atom stereocenters. The fourth-order valence-electron chi connectivity index (χ4n) is 6.67. The molecular formula is C43H46ClN5O3. The number of ether oxygens (including phenoxy) is 3. The van der Waals surface area contributed by atoms with Crippen LogP contribution < -0.4 is 14.2 Å². The van der Waals surface area contributed by atoms with Crippen molar-refractivity contribution in [3.63, 3.8) is 0 Å². The highest BCUT2D eigenvalue weighted by Crippen LogP contribution is 2.37. The topological polar surface area (TPSA) is 83.7 Å². The van der Waals surface area contributed by atoms with E-state index in [0.717, 1.165) is 63.4 Å². The van der Waals surface area contributed by atoms with Crippen LogP contribution in [0.15, 0.2) is 91.4 Å². The highest BCUT2D eigenvalue weighted by molar-refractivity contribution is 6.32. The molecule has 0 saturated carbocycles. The Kier molecular flexibility index (Phi) is 12.8. The first kappa shape index (κ1) is 36.8. The Balaban J connectivity index is 1.18. The van der Waals surface area contributed by atoms with Gasteiger partial charge in [-0.2, -0.15) is 5.26 Å². The normalized spacial score (nSPS) is 12.9. The molecule has 2 aromatic heterocycles. The molecule has 0 aliphatic carbocycles. The van der Waals surface area contributed by atoms with E-state index >= 15 is 0 Å². The number of hydrogen-bond donors (Lipinski definition) is 0. The highest BCUT2D eigenvalue weighted by Gasteiger charge is 2.17. The number of hydrogen-bond acceptors (Lipinski definition) is 8. The van der Waals surface area contributed by atoms with Gasteiger partial charge in [-0.15, -0.1) is 0 Å². The van der Waals surface area contributed by atoms with Gasteiger partial charge in [0, 0.05) is 55.4 Å². The number of halogens is 1. The van der Waals surface area contributed by atoms with Gasteiger partial charge in [-0.25, -0.2) is 0 Å². The van der Waals surface area contributed by atoms with Crippen LogP contribution in [0.2, 0.25) is 5.02 Å². The minimum absolute atomic E-state index is 0.238. The van der Waals surface area contributed by atoms with Crippen LogP contribution in [0.25, 0.3) is 11.1 Å². The van der Waals surface area contributed by atoms with E-state index in [1.165, 1.54) is 32.1 Å². The Morgan fingerprint density at radius 1 is 0.808 bits per heavy atom. The number of pyridine rings is 2. The average Bonchev–Trinajstić information content (AvgIpc) is 3.68. The van der Waals surface area contributed by atoms with Crippen LogP contribution >= 0.6 is 11.6 Å². The van der Waals surface area contributed by atoms with Gasteiger partial charge >= 0.3 is 0 Å². The quantitative estimate of drug-likeness (QED) is 0.0937. The summed E-state index contributed by atoms with van der Waals surface area (Å²) < 4.78 is 19.1. The van der Waals surface area contributed by atoms with Crippen molar-refractivity contribution in [2.24, 2.45) is 0 Å². The molecule has 0 N–H and O–H groups in total. The van der Waals surface area contributed by atoms with Crippen molar-refractivity contribution >= 4 is 11.6 Å². The summed E-state index contributed by atoms with van der Waals surface area (Å²) in [5.74, 6) is 2.11. The molecule has 6 rings (SSSR count). The number of likely N-dealkylation sites (tertiary alicyclic amines) is 1. The van der Waals surface area contributed by atoms with Crippen molar-refractivity contribution in [3.05, 3.63) is 135 Å². The monoisotopic (exact) mass is 715 g/mol. The molecule has 3 aromatic carbocycles. The molecule has 0 amide bonds. The van der Waals surface area contributed by atoms with E-state index in [-0.39, 0.29) is 6.61 Å². The molecule has 0 unspecified atom stereocenters. The van der Waals surface area contributed by atoms with Crippen LogP contribution in [-0.2, 0) is 26.3 Å². The number of nitrogens with zero attached hydrogens (tertiary/aromatic N) is 5. The van der Waals surface area contributed by atoms with E-state index in [4.69, 9.17) is 25.8 Å². The second-order valence-corrected chi connectivity index (χ2v) is 13.8. The summed E-state index contributed by atoms with van der Waals surface area (Å²) in [5.41, 5.74) is 8.79. The Labute approximate surface area is 312 Å². The summed E-state index contributed by atoms with van der Waals surface area (Å²) in [5, 5.41) is 9.85. The third-order valence-electron chi connectivity index (χ3n) is 9.51. The SMILES string of the molecule is Cc1c(COc2cc(OCc3cncc(C#N)c3)c(CN(C)Cc3ccccn3)cc2Cl)cccc1-c1cccc(OCCCN2CCCC2)c1C. The molecule has 9 heteroatoms. The molecule has 0 spiro atoms. The first-order valence-electron chi connectivity index (χ1n) is 17.9. The third-order valence-corrected chi connectivity index (χ3v) is 9.81. The van der Waals surface area contributed by atoms with E-state index in [0.29, 0.717) is 48.4 Å². The molecule has 268 valence electrons. The van der Waals surface area contributed by atoms with E-state index < -0.39 is 0 Å². The van der Waals surface area contributed by atoms with Crippen LogP contribution in [-0.4, -0.2) is 53.1 Å². The molecule has 5 aromatic rings. The number of nitriles is 1. The fraction of sp³-hybridized carbons (Fsp3) is 0.326. The third kappa shape index (κ3) is 9.68. The average molecular weight is 716 g/mol. The maximum Gasteiger partial charge on any atom is 0.142 e. The summed E-state index contributed by atoms with van der Waals surface area (Å²) in [7, 11) is 2.03. The second-order valence-electron chi connectivity index (χ2n) is 13.4. The molecule has 52 heavy (non-hydrogen) atoms. The van der Waals surface area contributed by atoms with Crippen molar-refractivity contribution in [1.82, 2.24) is 19.8 Å². The predicted molar refractivity (Wildman–Crippen MR) is 206 cm³/mol. The van der Waals surface area contributed by atoms with E-state index in [9.17, 15) is 5.26 Å². The summed E-state index contributed by atoms with van der Waals surface area (Å²) in [6, 6.07) is 26.2. The van der Waals surface area contributed by atoms with Crippen molar-refractivity contribution in [2.45, 2.75) is 59.4 Å². The largest absolute Gasteiger partial charge is 0.493 e. The molecule has 1 fully saturated rings. The van der Waals surface area contributed by atoms with Crippen molar-refractivity contribution in [2.75, 3.05) is 33.3 Å². The van der Waals surface area contributed by atoms with Crippen molar-refractivity contribution in [3.8, 4) is 34.4 Å². The highest BCUT2D eigenvalue weighted by atomic mass is 35.5. The standard InChI is InChI=1S/C43H46ClN5O3/c1-31-35(11-8-13-38(31)39-14-9-15-41(32(39)2)50-20-10-19-49-17-6-7-18-49)30-52-43-23-42(51-29-34-21-33(24-45)25-46-26-34)36(22-40(43)44)27-48(3)28-37-12-4-5-16-47-37/h4-5,8-9,11-16,21-23,25-26H,6-7,10,17-20,27-30H2,1-3H3. The second kappa shape index (κ2) is 18.0. The molecule has 0 radical (unpaired) electrons. The Bertz CT molecular complexity index is 1990. The summed E-state index contributed by atoms with van der Waals surface area (Å²) >= 11 is 6.89. The molecular weight excluding hydrogens is 670 g/mol. The van der Waals surface area contributed by atoms with E-state index in [1.54, 1.807) is 18.5 Å². The predicted octanol–water partition coefficient (Wildman–Crippen LogP) is 8.94. The maximum absolute atomic E-state index is 9.35. The Morgan fingerprint density at radius 3 is 2.38 bits per heavy atom. The van der Waals surface area contributed by atoms with Gasteiger partial charge in [-0.1, -0.05) is 48.0 Å². The smallest absolute Gasteiger partial charge is 0.142 e.